The molecular weight excluding hydrogens is 160 g/mol. The fraction of sp³-hybridized carbons (Fsp3) is 0.455. The molecule has 0 bridgehead atoms. The number of rotatable bonds is 0. The maximum Gasteiger partial charge on any atom is 0.0106 e. The molecule has 1 aliphatic heterocycles. The van der Waals surface area contributed by atoms with Crippen molar-refractivity contribution >= 4 is 0 Å². The van der Waals surface area contributed by atoms with Gasteiger partial charge in [-0.2, -0.15) is 0 Å². The molecule has 0 aromatic carbocycles. The van der Waals surface area contributed by atoms with Gasteiger partial charge in [0, 0.05) is 25.5 Å². The molecule has 2 N–H and O–H groups in total. The quantitative estimate of drug-likeness (QED) is 0.615. The summed E-state index contributed by atoms with van der Waals surface area (Å²) in [4.78, 5) is 2.00. The van der Waals surface area contributed by atoms with E-state index in [1.54, 1.807) is 0 Å². The Balaban J connectivity index is 0.000000145. The first-order valence-electron chi connectivity index (χ1n) is 4.78. The third kappa shape index (κ3) is 4.53. The summed E-state index contributed by atoms with van der Waals surface area (Å²) in [5, 5.41) is 0. The van der Waals surface area contributed by atoms with Crippen molar-refractivity contribution in [2.24, 2.45) is 5.73 Å². The second kappa shape index (κ2) is 5.60. The Morgan fingerprint density at radius 3 is 1.85 bits per heavy atom. The standard InChI is InChI=1S/C7H9N.C4H9N/c1-8-6-4-2-3-5-7-8;5-4-2-1-3-4/h2-7H,1H3;4H,1-3,5H2. The maximum atomic E-state index is 5.38. The monoisotopic (exact) mass is 178 g/mol. The summed E-state index contributed by atoms with van der Waals surface area (Å²) in [7, 11) is 2.00. The average molecular weight is 178 g/mol. The molecule has 2 aliphatic rings. The van der Waals surface area contributed by atoms with Gasteiger partial charge in [0.1, 0.15) is 0 Å². The maximum absolute atomic E-state index is 5.38. The van der Waals surface area contributed by atoms with E-state index in [2.05, 4.69) is 0 Å². The van der Waals surface area contributed by atoms with E-state index >= 15 is 0 Å². The van der Waals surface area contributed by atoms with Crippen molar-refractivity contribution in [2.45, 2.75) is 25.3 Å². The second-order valence-electron chi connectivity index (χ2n) is 3.42. The molecule has 1 aliphatic carbocycles. The topological polar surface area (TPSA) is 29.3 Å². The predicted octanol–water partition coefficient (Wildman–Crippen LogP) is 2.01. The van der Waals surface area contributed by atoms with Crippen molar-refractivity contribution in [2.75, 3.05) is 7.05 Å². The van der Waals surface area contributed by atoms with Gasteiger partial charge in [-0.25, -0.2) is 0 Å². The summed E-state index contributed by atoms with van der Waals surface area (Å²) < 4.78 is 0. The van der Waals surface area contributed by atoms with E-state index in [9.17, 15) is 0 Å². The van der Waals surface area contributed by atoms with E-state index in [0.717, 1.165) is 0 Å². The lowest BCUT2D eigenvalue weighted by Crippen LogP contribution is -2.27. The minimum absolute atomic E-state index is 0.565. The molecule has 1 saturated carbocycles. The molecule has 2 heteroatoms. The molecule has 2 nitrogen and oxygen atoms in total. The van der Waals surface area contributed by atoms with Gasteiger partial charge in [-0.05, 0) is 25.0 Å². The van der Waals surface area contributed by atoms with Gasteiger partial charge in [0.2, 0.25) is 0 Å². The first-order chi connectivity index (χ1) is 6.29. The van der Waals surface area contributed by atoms with Crippen molar-refractivity contribution in [3.05, 3.63) is 36.7 Å². The largest absolute Gasteiger partial charge is 0.357 e. The minimum Gasteiger partial charge on any atom is -0.357 e. The van der Waals surface area contributed by atoms with Gasteiger partial charge < -0.3 is 10.6 Å². The molecule has 0 unspecified atom stereocenters. The third-order valence-electron chi connectivity index (χ3n) is 2.13. The van der Waals surface area contributed by atoms with E-state index in [0.29, 0.717) is 6.04 Å². The summed E-state index contributed by atoms with van der Waals surface area (Å²) >= 11 is 0. The van der Waals surface area contributed by atoms with Crippen LogP contribution in [0.2, 0.25) is 0 Å². The zero-order valence-corrected chi connectivity index (χ0v) is 8.19. The van der Waals surface area contributed by atoms with Crippen molar-refractivity contribution in [3.63, 3.8) is 0 Å². The molecule has 0 atom stereocenters. The molecule has 0 aromatic heterocycles. The first-order valence-corrected chi connectivity index (χ1v) is 4.78. The van der Waals surface area contributed by atoms with Crippen LogP contribution >= 0.6 is 0 Å². The second-order valence-corrected chi connectivity index (χ2v) is 3.42. The summed E-state index contributed by atoms with van der Waals surface area (Å²) in [6, 6.07) is 0.565. The normalized spacial score (nSPS) is 20.3. The van der Waals surface area contributed by atoms with E-state index in [-0.39, 0.29) is 0 Å². The lowest BCUT2D eigenvalue weighted by atomic mass is 9.95. The Hall–Kier alpha value is -1.02. The molecule has 0 aromatic rings. The first kappa shape index (κ1) is 10.1. The van der Waals surface area contributed by atoms with Crippen LogP contribution in [0.5, 0.6) is 0 Å². The minimum atomic E-state index is 0.565. The fourth-order valence-corrected chi connectivity index (χ4v) is 0.989. The highest BCUT2D eigenvalue weighted by Crippen LogP contribution is 2.14. The Bertz CT molecular complexity index is 196. The predicted molar refractivity (Wildman–Crippen MR) is 57.0 cm³/mol. The van der Waals surface area contributed by atoms with Crippen LogP contribution in [0.25, 0.3) is 0 Å². The molecule has 0 saturated heterocycles. The Morgan fingerprint density at radius 1 is 1.08 bits per heavy atom. The van der Waals surface area contributed by atoms with Crippen LogP contribution in [0.3, 0.4) is 0 Å². The SMILES string of the molecule is CN1C=CC=CC=C1.NC1CCC1. The fourth-order valence-electron chi connectivity index (χ4n) is 0.989. The van der Waals surface area contributed by atoms with Crippen LogP contribution in [0.15, 0.2) is 36.7 Å². The summed E-state index contributed by atoms with van der Waals surface area (Å²) in [5.74, 6) is 0. The molecule has 0 amide bonds. The van der Waals surface area contributed by atoms with Crippen molar-refractivity contribution in [3.8, 4) is 0 Å². The number of hydrogen-bond donors (Lipinski definition) is 1. The lowest BCUT2D eigenvalue weighted by Gasteiger charge is -2.18. The molecule has 2 rings (SSSR count). The molecule has 1 heterocycles. The zero-order chi connectivity index (χ0) is 9.52. The molecule has 0 spiro atoms. The van der Waals surface area contributed by atoms with Crippen LogP contribution in [-0.2, 0) is 0 Å². The Morgan fingerprint density at radius 2 is 1.54 bits per heavy atom. The van der Waals surface area contributed by atoms with Crippen LogP contribution < -0.4 is 5.73 Å². The number of hydrogen-bond acceptors (Lipinski definition) is 2. The number of nitrogens with zero attached hydrogens (tertiary/aromatic N) is 1. The third-order valence-corrected chi connectivity index (χ3v) is 2.13. The molecule has 13 heavy (non-hydrogen) atoms. The summed E-state index contributed by atoms with van der Waals surface area (Å²) in [6.45, 7) is 0. The highest BCUT2D eigenvalue weighted by atomic mass is 15.0. The van der Waals surface area contributed by atoms with Gasteiger partial charge in [-0.3, -0.25) is 0 Å². The van der Waals surface area contributed by atoms with Crippen LogP contribution in [0, 0.1) is 0 Å². The lowest BCUT2D eigenvalue weighted by molar-refractivity contribution is 0.418. The van der Waals surface area contributed by atoms with E-state index in [1.165, 1.54) is 19.3 Å². The van der Waals surface area contributed by atoms with Crippen LogP contribution in [0.1, 0.15) is 19.3 Å². The van der Waals surface area contributed by atoms with E-state index in [1.807, 2.05) is 48.7 Å². The van der Waals surface area contributed by atoms with Gasteiger partial charge in [-0.1, -0.05) is 18.6 Å². The highest BCUT2D eigenvalue weighted by Gasteiger charge is 2.09. The van der Waals surface area contributed by atoms with Gasteiger partial charge in [-0.15, -0.1) is 0 Å². The molecule has 1 fully saturated rings. The van der Waals surface area contributed by atoms with Gasteiger partial charge in [0.05, 0.1) is 0 Å². The highest BCUT2D eigenvalue weighted by molar-refractivity contribution is 5.14. The van der Waals surface area contributed by atoms with Crippen molar-refractivity contribution in [1.29, 1.82) is 0 Å². The van der Waals surface area contributed by atoms with Crippen LogP contribution in [-0.4, -0.2) is 18.0 Å². The van der Waals surface area contributed by atoms with Crippen molar-refractivity contribution in [1.82, 2.24) is 4.90 Å². The smallest absolute Gasteiger partial charge is 0.0106 e. The van der Waals surface area contributed by atoms with E-state index < -0.39 is 0 Å². The number of nitrogens with two attached hydrogens (primary N) is 1. The summed E-state index contributed by atoms with van der Waals surface area (Å²) in [5.41, 5.74) is 5.38. The Labute approximate surface area is 80.4 Å². The Kier molecular flexibility index (Phi) is 4.33. The summed E-state index contributed by atoms with van der Waals surface area (Å²) in [6.07, 6.45) is 15.9. The molecule has 72 valence electrons. The van der Waals surface area contributed by atoms with Gasteiger partial charge in [0.15, 0.2) is 0 Å². The van der Waals surface area contributed by atoms with Crippen LogP contribution in [0.4, 0.5) is 0 Å². The zero-order valence-electron chi connectivity index (χ0n) is 8.19. The molecular formula is C11H18N2. The van der Waals surface area contributed by atoms with Gasteiger partial charge in [0.25, 0.3) is 0 Å². The number of allylic oxidation sites excluding steroid dienone is 4. The van der Waals surface area contributed by atoms with Crippen molar-refractivity contribution < 1.29 is 0 Å². The average Bonchev–Trinajstić information content (AvgIpc) is 2.30. The van der Waals surface area contributed by atoms with E-state index in [4.69, 9.17) is 5.73 Å². The molecule has 0 radical (unpaired) electrons. The van der Waals surface area contributed by atoms with Gasteiger partial charge >= 0.3 is 0 Å².